The average Bonchev–Trinajstić information content (AvgIpc) is 3.08. The molecular weight excluding hydrogens is 286 g/mol. The second-order valence-electron chi connectivity index (χ2n) is 5.17. The number of thiazole rings is 1. The fourth-order valence-electron chi connectivity index (χ4n) is 2.24. The largest absolute Gasteiger partial charge is 0.362 e. The van der Waals surface area contributed by atoms with Crippen molar-refractivity contribution in [2.45, 2.75) is 39.3 Å². The van der Waals surface area contributed by atoms with Gasteiger partial charge in [-0.1, -0.05) is 11.3 Å². The van der Waals surface area contributed by atoms with E-state index in [2.05, 4.69) is 25.2 Å². The first-order valence-corrected chi connectivity index (χ1v) is 8.01. The van der Waals surface area contributed by atoms with E-state index in [1.165, 1.54) is 24.2 Å². The first-order chi connectivity index (χ1) is 10.2. The van der Waals surface area contributed by atoms with Crippen LogP contribution in [0.25, 0.3) is 0 Å². The van der Waals surface area contributed by atoms with Crippen LogP contribution in [0, 0.1) is 6.92 Å². The summed E-state index contributed by atoms with van der Waals surface area (Å²) in [6, 6.07) is 0.574. The first-order valence-electron chi connectivity index (χ1n) is 7.19. The molecule has 21 heavy (non-hydrogen) atoms. The average molecular weight is 305 g/mol. The summed E-state index contributed by atoms with van der Waals surface area (Å²) in [5.41, 5.74) is 1.82. The van der Waals surface area contributed by atoms with Crippen molar-refractivity contribution in [2.24, 2.45) is 0 Å². The summed E-state index contributed by atoms with van der Waals surface area (Å²) < 4.78 is 2.16. The van der Waals surface area contributed by atoms with E-state index < -0.39 is 0 Å². The van der Waals surface area contributed by atoms with E-state index in [4.69, 9.17) is 0 Å². The number of hydrogen-bond acceptors (Lipinski definition) is 5. The normalized spacial score (nSPS) is 14.2. The van der Waals surface area contributed by atoms with Gasteiger partial charge in [0.05, 0.1) is 24.3 Å². The molecular formula is C14H19N5OS. The van der Waals surface area contributed by atoms with Gasteiger partial charge in [-0.2, -0.15) is 0 Å². The van der Waals surface area contributed by atoms with Gasteiger partial charge in [0, 0.05) is 18.8 Å². The van der Waals surface area contributed by atoms with Gasteiger partial charge in [0.1, 0.15) is 4.88 Å². The number of imidazole rings is 1. The van der Waals surface area contributed by atoms with Crippen molar-refractivity contribution < 1.29 is 4.79 Å². The molecule has 0 radical (unpaired) electrons. The lowest BCUT2D eigenvalue weighted by Gasteiger charge is -2.07. The van der Waals surface area contributed by atoms with E-state index in [0.717, 1.165) is 23.1 Å². The standard InChI is InChI=1S/C14H19N5OS/c1-3-16-14-18-9(2)12(21-14)13(20)17-7-11-6-15-8-19(11)10-4-5-10/h6,8,10H,3-5,7H2,1-2H3,(H,16,18)(H,17,20). The Labute approximate surface area is 127 Å². The lowest BCUT2D eigenvalue weighted by Crippen LogP contribution is -2.23. The zero-order valence-electron chi connectivity index (χ0n) is 12.2. The molecule has 112 valence electrons. The number of nitrogens with one attached hydrogen (secondary N) is 2. The van der Waals surface area contributed by atoms with Crippen molar-refractivity contribution in [3.8, 4) is 0 Å². The third-order valence-corrected chi connectivity index (χ3v) is 4.56. The van der Waals surface area contributed by atoms with Crippen molar-refractivity contribution in [3.05, 3.63) is 28.8 Å². The summed E-state index contributed by atoms with van der Waals surface area (Å²) in [4.78, 5) is 21.5. The summed E-state index contributed by atoms with van der Waals surface area (Å²) >= 11 is 1.40. The van der Waals surface area contributed by atoms with E-state index in [1.54, 1.807) is 0 Å². The highest BCUT2D eigenvalue weighted by Gasteiger charge is 2.25. The SMILES string of the molecule is CCNc1nc(C)c(C(=O)NCc2cncn2C2CC2)s1. The Balaban J connectivity index is 1.64. The molecule has 0 aromatic carbocycles. The van der Waals surface area contributed by atoms with Crippen LogP contribution in [0.5, 0.6) is 0 Å². The number of anilines is 1. The Bertz CT molecular complexity index is 644. The Kier molecular flexibility index (Phi) is 3.92. The molecule has 2 aromatic heterocycles. The molecule has 1 amide bonds. The number of aromatic nitrogens is 3. The molecule has 3 rings (SSSR count). The first kappa shape index (κ1) is 14.1. The van der Waals surface area contributed by atoms with Crippen LogP contribution in [-0.2, 0) is 6.54 Å². The quantitative estimate of drug-likeness (QED) is 0.859. The van der Waals surface area contributed by atoms with Gasteiger partial charge < -0.3 is 15.2 Å². The predicted molar refractivity (Wildman–Crippen MR) is 82.7 cm³/mol. The maximum atomic E-state index is 12.3. The van der Waals surface area contributed by atoms with Crippen LogP contribution in [0.1, 0.15) is 46.9 Å². The molecule has 2 heterocycles. The molecule has 7 heteroatoms. The number of carbonyl (C=O) groups is 1. The smallest absolute Gasteiger partial charge is 0.263 e. The van der Waals surface area contributed by atoms with Crippen LogP contribution in [0.3, 0.4) is 0 Å². The fraction of sp³-hybridized carbons (Fsp3) is 0.500. The van der Waals surface area contributed by atoms with Crippen LogP contribution in [0.2, 0.25) is 0 Å². The number of rotatable bonds is 6. The lowest BCUT2D eigenvalue weighted by atomic mass is 10.3. The van der Waals surface area contributed by atoms with E-state index in [1.807, 2.05) is 26.4 Å². The Morgan fingerprint density at radius 3 is 3.05 bits per heavy atom. The maximum Gasteiger partial charge on any atom is 0.263 e. The monoisotopic (exact) mass is 305 g/mol. The van der Waals surface area contributed by atoms with E-state index in [0.29, 0.717) is 17.5 Å². The van der Waals surface area contributed by atoms with E-state index in [9.17, 15) is 4.79 Å². The van der Waals surface area contributed by atoms with Crippen molar-refractivity contribution in [1.82, 2.24) is 19.9 Å². The van der Waals surface area contributed by atoms with Crippen molar-refractivity contribution >= 4 is 22.4 Å². The minimum atomic E-state index is -0.0716. The summed E-state index contributed by atoms with van der Waals surface area (Å²) in [6.07, 6.45) is 6.08. The molecule has 2 N–H and O–H groups in total. The van der Waals surface area contributed by atoms with E-state index in [-0.39, 0.29) is 5.91 Å². The molecule has 0 atom stereocenters. The molecule has 0 saturated heterocycles. The number of hydrogen-bond donors (Lipinski definition) is 2. The maximum absolute atomic E-state index is 12.3. The Hall–Kier alpha value is -1.89. The molecule has 0 unspecified atom stereocenters. The molecule has 1 aliphatic rings. The summed E-state index contributed by atoms with van der Waals surface area (Å²) in [5, 5.41) is 6.90. The molecule has 0 aliphatic heterocycles. The number of carbonyl (C=O) groups excluding carboxylic acids is 1. The summed E-state index contributed by atoms with van der Waals surface area (Å²) in [6.45, 7) is 5.17. The Morgan fingerprint density at radius 1 is 1.52 bits per heavy atom. The van der Waals surface area contributed by atoms with Crippen molar-refractivity contribution in [3.63, 3.8) is 0 Å². The van der Waals surface area contributed by atoms with Gasteiger partial charge in [0.25, 0.3) is 5.91 Å². The van der Waals surface area contributed by atoms with Gasteiger partial charge in [-0.05, 0) is 26.7 Å². The van der Waals surface area contributed by atoms with Crippen LogP contribution in [0.15, 0.2) is 12.5 Å². The van der Waals surface area contributed by atoms with Gasteiger partial charge in [0.15, 0.2) is 5.13 Å². The second-order valence-corrected chi connectivity index (χ2v) is 6.17. The summed E-state index contributed by atoms with van der Waals surface area (Å²) in [5.74, 6) is -0.0716. The molecule has 6 nitrogen and oxygen atoms in total. The lowest BCUT2D eigenvalue weighted by molar-refractivity contribution is 0.0953. The highest BCUT2D eigenvalue weighted by Crippen LogP contribution is 2.35. The molecule has 1 saturated carbocycles. The molecule has 0 spiro atoms. The third kappa shape index (κ3) is 3.07. The molecule has 1 aliphatic carbocycles. The van der Waals surface area contributed by atoms with Crippen molar-refractivity contribution in [2.75, 3.05) is 11.9 Å². The number of nitrogens with zero attached hydrogens (tertiary/aromatic N) is 3. The van der Waals surface area contributed by atoms with Gasteiger partial charge in [-0.25, -0.2) is 9.97 Å². The minimum absolute atomic E-state index is 0.0716. The van der Waals surface area contributed by atoms with Crippen LogP contribution in [-0.4, -0.2) is 27.0 Å². The van der Waals surface area contributed by atoms with Gasteiger partial charge in [-0.15, -0.1) is 0 Å². The highest BCUT2D eigenvalue weighted by molar-refractivity contribution is 7.17. The second kappa shape index (κ2) is 5.85. The highest BCUT2D eigenvalue weighted by atomic mass is 32.1. The topological polar surface area (TPSA) is 71.8 Å². The zero-order valence-corrected chi connectivity index (χ0v) is 13.0. The van der Waals surface area contributed by atoms with Crippen LogP contribution >= 0.6 is 11.3 Å². The van der Waals surface area contributed by atoms with Gasteiger partial charge in [-0.3, -0.25) is 4.79 Å². The van der Waals surface area contributed by atoms with Gasteiger partial charge >= 0.3 is 0 Å². The number of aryl methyl sites for hydroxylation is 1. The number of amides is 1. The van der Waals surface area contributed by atoms with Crippen molar-refractivity contribution in [1.29, 1.82) is 0 Å². The third-order valence-electron chi connectivity index (χ3n) is 3.45. The molecule has 1 fully saturated rings. The fourth-order valence-corrected chi connectivity index (χ4v) is 3.19. The predicted octanol–water partition coefficient (Wildman–Crippen LogP) is 2.34. The zero-order chi connectivity index (χ0) is 14.8. The minimum Gasteiger partial charge on any atom is -0.362 e. The Morgan fingerprint density at radius 2 is 2.33 bits per heavy atom. The molecule has 0 bridgehead atoms. The molecule has 2 aromatic rings. The van der Waals surface area contributed by atoms with Crippen LogP contribution in [0.4, 0.5) is 5.13 Å². The van der Waals surface area contributed by atoms with Crippen LogP contribution < -0.4 is 10.6 Å². The van der Waals surface area contributed by atoms with Gasteiger partial charge in [0.2, 0.25) is 0 Å². The summed E-state index contributed by atoms with van der Waals surface area (Å²) in [7, 11) is 0. The van der Waals surface area contributed by atoms with E-state index >= 15 is 0 Å².